The molecule has 3 aromatic rings. The van der Waals surface area contributed by atoms with Gasteiger partial charge in [0.15, 0.2) is 0 Å². The molecule has 5 heteroatoms. The fraction of sp³-hybridized carbons (Fsp3) is 0.200. The first kappa shape index (κ1) is 17.2. The number of hydrogen-bond acceptors (Lipinski definition) is 4. The third-order valence-corrected chi connectivity index (χ3v) is 4.22. The summed E-state index contributed by atoms with van der Waals surface area (Å²) >= 11 is 6.10. The molecule has 0 aliphatic carbocycles. The van der Waals surface area contributed by atoms with Gasteiger partial charge >= 0.3 is 0 Å². The van der Waals surface area contributed by atoms with Gasteiger partial charge in [-0.2, -0.15) is 4.98 Å². The van der Waals surface area contributed by atoms with Gasteiger partial charge in [-0.15, -0.1) is 0 Å². The van der Waals surface area contributed by atoms with E-state index in [-0.39, 0.29) is 0 Å². The number of benzene rings is 2. The van der Waals surface area contributed by atoms with Gasteiger partial charge in [-0.25, -0.2) is 4.98 Å². The standard InChI is InChI=1S/C20H21ClN4/c1-3-25(14-16-7-5-4-6-8-16)20-22-12-11-19(24-20)23-18-13-17(21)10-9-15(18)2/h4-13H,3,14H2,1-2H3,(H,22,23,24). The van der Waals surface area contributed by atoms with Crippen molar-refractivity contribution in [3.63, 3.8) is 0 Å². The minimum Gasteiger partial charge on any atom is -0.340 e. The van der Waals surface area contributed by atoms with E-state index >= 15 is 0 Å². The summed E-state index contributed by atoms with van der Waals surface area (Å²) in [5.41, 5.74) is 3.29. The number of halogens is 1. The molecule has 0 fully saturated rings. The Labute approximate surface area is 153 Å². The van der Waals surface area contributed by atoms with Crippen LogP contribution in [-0.2, 0) is 6.54 Å². The maximum Gasteiger partial charge on any atom is 0.227 e. The zero-order valence-corrected chi connectivity index (χ0v) is 15.2. The molecule has 0 saturated carbocycles. The Hall–Kier alpha value is -2.59. The Bertz CT molecular complexity index is 836. The Morgan fingerprint density at radius 2 is 1.88 bits per heavy atom. The molecule has 1 N–H and O–H groups in total. The Morgan fingerprint density at radius 3 is 2.64 bits per heavy atom. The lowest BCUT2D eigenvalue weighted by atomic mass is 10.2. The van der Waals surface area contributed by atoms with Crippen LogP contribution in [0.25, 0.3) is 0 Å². The van der Waals surface area contributed by atoms with Gasteiger partial charge in [-0.3, -0.25) is 0 Å². The lowest BCUT2D eigenvalue weighted by Gasteiger charge is -2.21. The van der Waals surface area contributed by atoms with E-state index in [0.717, 1.165) is 30.2 Å². The zero-order chi connectivity index (χ0) is 17.6. The number of nitrogens with zero attached hydrogens (tertiary/aromatic N) is 3. The average molecular weight is 353 g/mol. The predicted octanol–water partition coefficient (Wildman–Crippen LogP) is 5.21. The molecule has 0 aliphatic rings. The van der Waals surface area contributed by atoms with E-state index in [9.17, 15) is 0 Å². The average Bonchev–Trinajstić information content (AvgIpc) is 2.64. The van der Waals surface area contributed by atoms with Crippen LogP contribution in [0, 0.1) is 6.92 Å². The Kier molecular flexibility index (Phi) is 5.51. The first-order chi connectivity index (χ1) is 12.2. The van der Waals surface area contributed by atoms with Gasteiger partial charge < -0.3 is 10.2 Å². The zero-order valence-electron chi connectivity index (χ0n) is 14.4. The van der Waals surface area contributed by atoms with E-state index in [0.29, 0.717) is 11.0 Å². The van der Waals surface area contributed by atoms with Crippen LogP contribution < -0.4 is 10.2 Å². The molecule has 0 radical (unpaired) electrons. The van der Waals surface area contributed by atoms with Gasteiger partial charge in [0.1, 0.15) is 5.82 Å². The molecule has 2 aromatic carbocycles. The fourth-order valence-electron chi connectivity index (χ4n) is 2.56. The predicted molar refractivity (Wildman–Crippen MR) is 105 cm³/mol. The first-order valence-corrected chi connectivity index (χ1v) is 8.68. The van der Waals surface area contributed by atoms with Gasteiger partial charge in [-0.05, 0) is 43.2 Å². The smallest absolute Gasteiger partial charge is 0.227 e. The van der Waals surface area contributed by atoms with E-state index in [1.54, 1.807) is 6.20 Å². The number of hydrogen-bond donors (Lipinski definition) is 1. The number of aromatic nitrogens is 2. The molecule has 0 atom stereocenters. The van der Waals surface area contributed by atoms with Crippen LogP contribution in [-0.4, -0.2) is 16.5 Å². The molecule has 128 valence electrons. The normalized spacial score (nSPS) is 10.5. The van der Waals surface area contributed by atoms with Crippen molar-refractivity contribution in [1.29, 1.82) is 0 Å². The summed E-state index contributed by atoms with van der Waals surface area (Å²) in [6.07, 6.45) is 1.78. The van der Waals surface area contributed by atoms with Crippen LogP contribution >= 0.6 is 11.6 Å². The summed E-state index contributed by atoms with van der Waals surface area (Å²) in [7, 11) is 0. The molecular weight excluding hydrogens is 332 g/mol. The molecule has 3 rings (SSSR count). The number of nitrogens with one attached hydrogen (secondary N) is 1. The molecule has 0 saturated heterocycles. The molecule has 0 amide bonds. The summed E-state index contributed by atoms with van der Waals surface area (Å²) in [5, 5.41) is 4.03. The molecular formula is C20H21ClN4. The molecule has 4 nitrogen and oxygen atoms in total. The largest absolute Gasteiger partial charge is 0.340 e. The summed E-state index contributed by atoms with van der Waals surface area (Å²) in [5.74, 6) is 1.46. The van der Waals surface area contributed by atoms with Crippen molar-refractivity contribution in [3.05, 3.63) is 76.9 Å². The quantitative estimate of drug-likeness (QED) is 0.661. The van der Waals surface area contributed by atoms with Crippen LogP contribution in [0.1, 0.15) is 18.1 Å². The molecule has 0 aliphatic heterocycles. The van der Waals surface area contributed by atoms with Gasteiger partial charge in [-0.1, -0.05) is 48.0 Å². The van der Waals surface area contributed by atoms with Crippen molar-refractivity contribution in [2.75, 3.05) is 16.8 Å². The van der Waals surface area contributed by atoms with E-state index in [4.69, 9.17) is 11.6 Å². The van der Waals surface area contributed by atoms with Crippen LogP contribution in [0.2, 0.25) is 5.02 Å². The van der Waals surface area contributed by atoms with Crippen LogP contribution in [0.4, 0.5) is 17.5 Å². The molecule has 0 spiro atoms. The van der Waals surface area contributed by atoms with E-state index < -0.39 is 0 Å². The lowest BCUT2D eigenvalue weighted by molar-refractivity contribution is 0.792. The van der Waals surface area contributed by atoms with Crippen molar-refractivity contribution in [2.45, 2.75) is 20.4 Å². The van der Waals surface area contributed by atoms with Crippen LogP contribution in [0.5, 0.6) is 0 Å². The highest BCUT2D eigenvalue weighted by atomic mass is 35.5. The molecule has 25 heavy (non-hydrogen) atoms. The summed E-state index contributed by atoms with van der Waals surface area (Å²) in [6, 6.07) is 18.0. The second-order valence-corrected chi connectivity index (χ2v) is 6.26. The number of rotatable bonds is 6. The second kappa shape index (κ2) is 7.99. The maximum atomic E-state index is 6.10. The van der Waals surface area contributed by atoms with Crippen molar-refractivity contribution < 1.29 is 0 Å². The number of anilines is 3. The topological polar surface area (TPSA) is 41.1 Å². The highest BCUT2D eigenvalue weighted by Crippen LogP contribution is 2.24. The summed E-state index contributed by atoms with van der Waals surface area (Å²) in [4.78, 5) is 11.2. The minimum absolute atomic E-state index is 0.696. The molecule has 0 unspecified atom stereocenters. The maximum absolute atomic E-state index is 6.10. The first-order valence-electron chi connectivity index (χ1n) is 8.31. The van der Waals surface area contributed by atoms with Crippen molar-refractivity contribution in [2.24, 2.45) is 0 Å². The highest BCUT2D eigenvalue weighted by Gasteiger charge is 2.10. The molecule has 1 aromatic heterocycles. The highest BCUT2D eigenvalue weighted by molar-refractivity contribution is 6.30. The van der Waals surface area contributed by atoms with E-state index in [1.807, 2.05) is 49.4 Å². The van der Waals surface area contributed by atoms with Gasteiger partial charge in [0.2, 0.25) is 5.95 Å². The van der Waals surface area contributed by atoms with Crippen LogP contribution in [0.3, 0.4) is 0 Å². The van der Waals surface area contributed by atoms with Crippen molar-refractivity contribution in [1.82, 2.24) is 9.97 Å². The van der Waals surface area contributed by atoms with Crippen molar-refractivity contribution >= 4 is 29.1 Å². The van der Waals surface area contributed by atoms with Crippen LogP contribution in [0.15, 0.2) is 60.8 Å². The Balaban J connectivity index is 1.81. The number of aryl methyl sites for hydroxylation is 1. The third-order valence-electron chi connectivity index (χ3n) is 3.99. The third kappa shape index (κ3) is 4.48. The minimum atomic E-state index is 0.696. The monoisotopic (exact) mass is 352 g/mol. The van der Waals surface area contributed by atoms with Gasteiger partial charge in [0, 0.05) is 30.0 Å². The van der Waals surface area contributed by atoms with Crippen molar-refractivity contribution in [3.8, 4) is 0 Å². The van der Waals surface area contributed by atoms with Gasteiger partial charge in [0.05, 0.1) is 0 Å². The van der Waals surface area contributed by atoms with Gasteiger partial charge in [0.25, 0.3) is 0 Å². The summed E-state index contributed by atoms with van der Waals surface area (Å²) < 4.78 is 0. The summed E-state index contributed by atoms with van der Waals surface area (Å²) in [6.45, 7) is 5.74. The lowest BCUT2D eigenvalue weighted by Crippen LogP contribution is -2.24. The Morgan fingerprint density at radius 1 is 1.08 bits per heavy atom. The van der Waals surface area contributed by atoms with E-state index in [2.05, 4.69) is 39.2 Å². The fourth-order valence-corrected chi connectivity index (χ4v) is 2.74. The SMILES string of the molecule is CCN(Cc1ccccc1)c1nccc(Nc2cc(Cl)ccc2C)n1. The van der Waals surface area contributed by atoms with E-state index in [1.165, 1.54) is 5.56 Å². The second-order valence-electron chi connectivity index (χ2n) is 5.83. The molecule has 0 bridgehead atoms. The molecule has 1 heterocycles.